The normalized spacial score (nSPS) is 21.1. The van der Waals surface area contributed by atoms with Gasteiger partial charge in [0, 0.05) is 23.6 Å². The summed E-state index contributed by atoms with van der Waals surface area (Å²) in [6.45, 7) is 4.81. The Hall–Kier alpha value is -0.430. The average Bonchev–Trinajstić information content (AvgIpc) is 2.41. The molecule has 112 valence electrons. The Bertz CT molecular complexity index is 601. The lowest BCUT2D eigenvalue weighted by molar-refractivity contribution is 0.268. The molecule has 4 nitrogen and oxygen atoms in total. The summed E-state index contributed by atoms with van der Waals surface area (Å²) in [4.78, 5) is 0.340. The van der Waals surface area contributed by atoms with Crippen molar-refractivity contribution in [3.63, 3.8) is 0 Å². The van der Waals surface area contributed by atoms with Gasteiger partial charge in [0.2, 0.25) is 10.0 Å². The van der Waals surface area contributed by atoms with Gasteiger partial charge < -0.3 is 5.73 Å². The van der Waals surface area contributed by atoms with Crippen LogP contribution < -0.4 is 5.73 Å². The second kappa shape index (κ2) is 6.13. The number of nitrogens with zero attached hydrogens (tertiary/aromatic N) is 1. The van der Waals surface area contributed by atoms with Crippen LogP contribution in [-0.2, 0) is 16.6 Å². The molecule has 1 unspecified atom stereocenters. The van der Waals surface area contributed by atoms with E-state index in [1.165, 1.54) is 0 Å². The second-order valence-corrected chi connectivity index (χ2v) is 8.04. The molecule has 0 saturated carbocycles. The zero-order valence-electron chi connectivity index (χ0n) is 11.9. The van der Waals surface area contributed by atoms with E-state index in [-0.39, 0.29) is 6.04 Å². The topological polar surface area (TPSA) is 63.4 Å². The number of piperidine rings is 1. The van der Waals surface area contributed by atoms with Crippen molar-refractivity contribution >= 4 is 26.0 Å². The largest absolute Gasteiger partial charge is 0.326 e. The maximum absolute atomic E-state index is 12.9. The molecule has 0 radical (unpaired) electrons. The van der Waals surface area contributed by atoms with Crippen molar-refractivity contribution in [3.8, 4) is 0 Å². The Morgan fingerprint density at radius 1 is 1.40 bits per heavy atom. The van der Waals surface area contributed by atoms with Crippen LogP contribution >= 0.6 is 15.9 Å². The fourth-order valence-electron chi connectivity index (χ4n) is 2.67. The van der Waals surface area contributed by atoms with Crippen molar-refractivity contribution in [1.29, 1.82) is 0 Å². The summed E-state index contributed by atoms with van der Waals surface area (Å²) in [5.74, 6) is 0. The van der Waals surface area contributed by atoms with Gasteiger partial charge in [-0.15, -0.1) is 0 Å². The highest BCUT2D eigenvalue weighted by atomic mass is 79.9. The maximum atomic E-state index is 12.9. The van der Waals surface area contributed by atoms with Crippen LogP contribution in [0.3, 0.4) is 0 Å². The molecule has 20 heavy (non-hydrogen) atoms. The number of sulfonamides is 1. The minimum atomic E-state index is -3.47. The molecule has 1 heterocycles. The zero-order chi connectivity index (χ0) is 14.9. The van der Waals surface area contributed by atoms with E-state index in [1.54, 1.807) is 10.4 Å². The van der Waals surface area contributed by atoms with Crippen LogP contribution in [0.2, 0.25) is 0 Å². The van der Waals surface area contributed by atoms with Crippen LogP contribution in [0.15, 0.2) is 21.5 Å². The summed E-state index contributed by atoms with van der Waals surface area (Å²) in [7, 11) is -3.47. The Balaban J connectivity index is 2.51. The Morgan fingerprint density at radius 2 is 2.10 bits per heavy atom. The van der Waals surface area contributed by atoms with E-state index >= 15 is 0 Å². The van der Waals surface area contributed by atoms with Gasteiger partial charge in [-0.05, 0) is 59.8 Å². The summed E-state index contributed by atoms with van der Waals surface area (Å²) in [5.41, 5.74) is 7.40. The van der Waals surface area contributed by atoms with E-state index in [9.17, 15) is 8.42 Å². The van der Waals surface area contributed by atoms with Crippen molar-refractivity contribution in [1.82, 2.24) is 4.31 Å². The predicted molar refractivity (Wildman–Crippen MR) is 84.0 cm³/mol. The second-order valence-electron chi connectivity index (χ2n) is 5.39. The number of aryl methyl sites for hydroxylation is 1. The smallest absolute Gasteiger partial charge is 0.244 e. The van der Waals surface area contributed by atoms with Crippen LogP contribution in [0.4, 0.5) is 0 Å². The third kappa shape index (κ3) is 2.93. The number of rotatable bonds is 3. The summed E-state index contributed by atoms with van der Waals surface area (Å²) >= 11 is 3.42. The molecule has 0 aromatic heterocycles. The third-order valence-electron chi connectivity index (χ3n) is 3.85. The van der Waals surface area contributed by atoms with E-state index in [1.807, 2.05) is 19.9 Å². The van der Waals surface area contributed by atoms with E-state index in [2.05, 4.69) is 15.9 Å². The molecule has 6 heteroatoms. The lowest BCUT2D eigenvalue weighted by atomic mass is 10.1. The first kappa shape index (κ1) is 15.9. The van der Waals surface area contributed by atoms with Crippen molar-refractivity contribution in [2.24, 2.45) is 5.73 Å². The number of hydrogen-bond donors (Lipinski definition) is 1. The molecule has 1 aliphatic heterocycles. The van der Waals surface area contributed by atoms with Crippen LogP contribution in [-0.4, -0.2) is 25.3 Å². The minimum absolute atomic E-state index is 0.0579. The van der Waals surface area contributed by atoms with Gasteiger partial charge in [0.1, 0.15) is 0 Å². The maximum Gasteiger partial charge on any atom is 0.244 e. The average molecular weight is 361 g/mol. The number of benzene rings is 1. The molecule has 1 aromatic carbocycles. The van der Waals surface area contributed by atoms with Crippen molar-refractivity contribution in [2.45, 2.75) is 50.6 Å². The Labute approximate surface area is 129 Å². The van der Waals surface area contributed by atoms with Gasteiger partial charge >= 0.3 is 0 Å². The van der Waals surface area contributed by atoms with Crippen LogP contribution in [0, 0.1) is 6.92 Å². The number of nitrogens with two attached hydrogens (primary N) is 1. The van der Waals surface area contributed by atoms with Crippen LogP contribution in [0.25, 0.3) is 0 Å². The summed E-state index contributed by atoms with van der Waals surface area (Å²) < 4.78 is 28.1. The molecule has 1 aromatic rings. The van der Waals surface area contributed by atoms with E-state index in [4.69, 9.17) is 5.73 Å². The monoisotopic (exact) mass is 360 g/mol. The third-order valence-corrected chi connectivity index (χ3v) is 7.20. The highest BCUT2D eigenvalue weighted by Gasteiger charge is 2.32. The molecule has 1 atom stereocenters. The van der Waals surface area contributed by atoms with Crippen molar-refractivity contribution in [3.05, 3.63) is 27.7 Å². The minimum Gasteiger partial charge on any atom is -0.326 e. The standard InChI is InChI=1S/C14H21BrN2O2S/c1-10-7-12(9-16)8-13(14(10)15)20(18,19)17-6-4-3-5-11(17)2/h7-8,11H,3-6,9,16H2,1-2H3. The molecule has 0 spiro atoms. The molecule has 0 bridgehead atoms. The first-order valence-electron chi connectivity index (χ1n) is 6.89. The summed E-state index contributed by atoms with van der Waals surface area (Å²) in [6.07, 6.45) is 2.94. The Morgan fingerprint density at radius 3 is 2.70 bits per heavy atom. The van der Waals surface area contributed by atoms with Crippen molar-refractivity contribution < 1.29 is 8.42 Å². The molecule has 0 amide bonds. The summed E-state index contributed by atoms with van der Waals surface area (Å²) in [5, 5.41) is 0. The fraction of sp³-hybridized carbons (Fsp3) is 0.571. The van der Waals surface area contributed by atoms with Gasteiger partial charge in [-0.25, -0.2) is 8.42 Å². The molecular weight excluding hydrogens is 340 g/mol. The van der Waals surface area contributed by atoms with Gasteiger partial charge in [-0.2, -0.15) is 4.31 Å². The van der Waals surface area contributed by atoms with Crippen LogP contribution in [0.5, 0.6) is 0 Å². The SMILES string of the molecule is Cc1cc(CN)cc(S(=O)(=O)N2CCCCC2C)c1Br. The van der Waals surface area contributed by atoms with E-state index < -0.39 is 10.0 Å². The van der Waals surface area contributed by atoms with E-state index in [0.717, 1.165) is 30.4 Å². The predicted octanol–water partition coefficient (Wildman–Crippen LogP) is 2.78. The van der Waals surface area contributed by atoms with Gasteiger partial charge in [0.15, 0.2) is 0 Å². The number of hydrogen-bond acceptors (Lipinski definition) is 3. The molecular formula is C14H21BrN2O2S. The van der Waals surface area contributed by atoms with Crippen molar-refractivity contribution in [2.75, 3.05) is 6.54 Å². The molecule has 1 saturated heterocycles. The first-order chi connectivity index (χ1) is 9.37. The van der Waals surface area contributed by atoms with Gasteiger partial charge in [-0.1, -0.05) is 12.5 Å². The van der Waals surface area contributed by atoms with E-state index in [0.29, 0.717) is 22.5 Å². The summed E-state index contributed by atoms with van der Waals surface area (Å²) in [6, 6.07) is 3.67. The quantitative estimate of drug-likeness (QED) is 0.901. The Kier molecular flexibility index (Phi) is 4.89. The molecule has 0 aliphatic carbocycles. The highest BCUT2D eigenvalue weighted by molar-refractivity contribution is 9.10. The molecule has 1 aliphatic rings. The number of halogens is 1. The lowest BCUT2D eigenvalue weighted by Crippen LogP contribution is -2.42. The van der Waals surface area contributed by atoms with Gasteiger partial charge in [0.05, 0.1) is 4.90 Å². The first-order valence-corrected chi connectivity index (χ1v) is 9.12. The lowest BCUT2D eigenvalue weighted by Gasteiger charge is -2.32. The fourth-order valence-corrected chi connectivity index (χ4v) is 5.40. The molecule has 2 N–H and O–H groups in total. The molecule has 1 fully saturated rings. The van der Waals surface area contributed by atoms with Gasteiger partial charge in [0.25, 0.3) is 0 Å². The van der Waals surface area contributed by atoms with Gasteiger partial charge in [-0.3, -0.25) is 0 Å². The van der Waals surface area contributed by atoms with Crippen LogP contribution in [0.1, 0.15) is 37.3 Å². The zero-order valence-corrected chi connectivity index (χ0v) is 14.3. The highest BCUT2D eigenvalue weighted by Crippen LogP contribution is 2.32. The molecule has 2 rings (SSSR count).